The fraction of sp³-hybridized carbons (Fsp3) is 0.462. The molecule has 1 aromatic carbocycles. The highest BCUT2D eigenvalue weighted by molar-refractivity contribution is 6.00. The number of ether oxygens (including phenoxy) is 2. The van der Waals surface area contributed by atoms with Crippen LogP contribution in [0.5, 0.6) is 0 Å². The van der Waals surface area contributed by atoms with E-state index in [1.165, 1.54) is 0 Å². The van der Waals surface area contributed by atoms with Crippen molar-refractivity contribution in [2.45, 2.75) is 12.5 Å². The Morgan fingerprint density at radius 3 is 3.11 bits per heavy atom. The number of hydrogen-bond donors (Lipinski definition) is 3. The van der Waals surface area contributed by atoms with Gasteiger partial charge in [-0.1, -0.05) is 0 Å². The van der Waals surface area contributed by atoms with E-state index in [2.05, 4.69) is 10.6 Å². The number of amides is 1. The molecule has 0 bridgehead atoms. The number of carbonyl (C=O) groups excluding carboxylic acids is 1. The van der Waals surface area contributed by atoms with Crippen molar-refractivity contribution >= 4 is 23.0 Å². The Morgan fingerprint density at radius 2 is 2.32 bits per heavy atom. The van der Waals surface area contributed by atoms with E-state index in [0.717, 1.165) is 16.9 Å². The Labute approximate surface area is 111 Å². The summed E-state index contributed by atoms with van der Waals surface area (Å²) in [6, 6.07) is 3.72. The highest BCUT2D eigenvalue weighted by Gasteiger charge is 2.20. The molecule has 19 heavy (non-hydrogen) atoms. The molecule has 0 saturated carbocycles. The first kappa shape index (κ1) is 12.3. The van der Waals surface area contributed by atoms with Crippen molar-refractivity contribution in [3.63, 3.8) is 0 Å². The molecular formula is C13H17N3O3. The predicted octanol–water partition coefficient (Wildman–Crippen LogP) is 0.591. The summed E-state index contributed by atoms with van der Waals surface area (Å²) < 4.78 is 10.9. The lowest BCUT2D eigenvalue weighted by Gasteiger charge is -2.24. The molecule has 3 rings (SSSR count). The zero-order valence-corrected chi connectivity index (χ0v) is 10.6. The van der Waals surface area contributed by atoms with Gasteiger partial charge in [0.1, 0.15) is 0 Å². The molecule has 4 N–H and O–H groups in total. The summed E-state index contributed by atoms with van der Waals surface area (Å²) in [5.74, 6) is 0.00978. The maximum Gasteiger partial charge on any atom is 0.228 e. The van der Waals surface area contributed by atoms with Crippen LogP contribution in [0.3, 0.4) is 0 Å². The Morgan fingerprint density at radius 1 is 1.42 bits per heavy atom. The van der Waals surface area contributed by atoms with Gasteiger partial charge in [0.2, 0.25) is 5.91 Å². The second-order valence-corrected chi connectivity index (χ2v) is 4.77. The largest absolute Gasteiger partial charge is 0.397 e. The molecule has 1 fully saturated rings. The van der Waals surface area contributed by atoms with Gasteiger partial charge < -0.3 is 25.8 Å². The molecule has 0 aliphatic carbocycles. The summed E-state index contributed by atoms with van der Waals surface area (Å²) in [7, 11) is 0. The molecular weight excluding hydrogens is 246 g/mol. The molecule has 1 saturated heterocycles. The van der Waals surface area contributed by atoms with Crippen molar-refractivity contribution in [3.8, 4) is 0 Å². The lowest BCUT2D eigenvalue weighted by molar-refractivity contribution is -0.115. The standard InChI is InChI=1S/C13H17N3O3/c14-10-3-8-4-13(17)16-11(8)5-12(10)15-6-9-7-18-1-2-19-9/h3,5,9,15H,1-2,4,6-7,14H2,(H,16,17). The molecule has 0 aromatic heterocycles. The highest BCUT2D eigenvalue weighted by atomic mass is 16.6. The molecule has 6 nitrogen and oxygen atoms in total. The average Bonchev–Trinajstić information content (AvgIpc) is 2.76. The van der Waals surface area contributed by atoms with Crippen LogP contribution < -0.4 is 16.4 Å². The third-order valence-electron chi connectivity index (χ3n) is 3.31. The van der Waals surface area contributed by atoms with Gasteiger partial charge in [-0.15, -0.1) is 0 Å². The minimum Gasteiger partial charge on any atom is -0.397 e. The number of nitrogens with one attached hydrogen (secondary N) is 2. The van der Waals surface area contributed by atoms with Crippen molar-refractivity contribution in [1.29, 1.82) is 0 Å². The summed E-state index contributed by atoms with van der Waals surface area (Å²) in [5.41, 5.74) is 9.23. The topological polar surface area (TPSA) is 85.6 Å². The summed E-state index contributed by atoms with van der Waals surface area (Å²) in [6.45, 7) is 2.51. The summed E-state index contributed by atoms with van der Waals surface area (Å²) in [4.78, 5) is 11.3. The minimum absolute atomic E-state index is 0.00978. The zero-order chi connectivity index (χ0) is 13.2. The number of fused-ring (bicyclic) bond motifs is 1. The molecule has 0 spiro atoms. The van der Waals surface area contributed by atoms with E-state index in [9.17, 15) is 4.79 Å². The van der Waals surface area contributed by atoms with Gasteiger partial charge >= 0.3 is 0 Å². The molecule has 1 amide bonds. The number of hydrogen-bond acceptors (Lipinski definition) is 5. The third kappa shape index (κ3) is 2.64. The molecule has 102 valence electrons. The maximum absolute atomic E-state index is 11.3. The molecule has 6 heteroatoms. The summed E-state index contributed by atoms with van der Waals surface area (Å²) >= 11 is 0. The number of rotatable bonds is 3. The Hall–Kier alpha value is -1.79. The third-order valence-corrected chi connectivity index (χ3v) is 3.31. The van der Waals surface area contributed by atoms with Crippen molar-refractivity contribution in [3.05, 3.63) is 17.7 Å². The lowest BCUT2D eigenvalue weighted by Crippen LogP contribution is -2.34. The Kier molecular flexibility index (Phi) is 3.27. The smallest absolute Gasteiger partial charge is 0.228 e. The van der Waals surface area contributed by atoms with Gasteiger partial charge in [0.15, 0.2) is 0 Å². The van der Waals surface area contributed by atoms with Crippen molar-refractivity contribution in [1.82, 2.24) is 0 Å². The van der Waals surface area contributed by atoms with Crippen LogP contribution in [-0.2, 0) is 20.7 Å². The normalized spacial score (nSPS) is 21.9. The summed E-state index contributed by atoms with van der Waals surface area (Å²) in [6.07, 6.45) is 0.440. The minimum atomic E-state index is 0.00978. The number of nitrogens with two attached hydrogens (primary N) is 1. The van der Waals surface area contributed by atoms with Crippen molar-refractivity contribution < 1.29 is 14.3 Å². The first-order chi connectivity index (χ1) is 9.22. The highest BCUT2D eigenvalue weighted by Crippen LogP contribution is 2.31. The predicted molar refractivity (Wildman–Crippen MR) is 72.2 cm³/mol. The second-order valence-electron chi connectivity index (χ2n) is 4.77. The number of anilines is 3. The van der Waals surface area contributed by atoms with E-state index in [4.69, 9.17) is 15.2 Å². The SMILES string of the molecule is Nc1cc2c(cc1NCC1COCCO1)NC(=O)C2. The van der Waals surface area contributed by atoms with E-state index in [-0.39, 0.29) is 12.0 Å². The number of carbonyl (C=O) groups is 1. The quantitative estimate of drug-likeness (QED) is 0.695. The van der Waals surface area contributed by atoms with Gasteiger partial charge in [-0.3, -0.25) is 4.79 Å². The van der Waals surface area contributed by atoms with Crippen LogP contribution in [0.4, 0.5) is 17.1 Å². The van der Waals surface area contributed by atoms with E-state index in [1.54, 1.807) is 0 Å². The first-order valence-corrected chi connectivity index (χ1v) is 6.38. The van der Waals surface area contributed by atoms with Crippen LogP contribution in [0.25, 0.3) is 0 Å². The van der Waals surface area contributed by atoms with Gasteiger partial charge in [-0.2, -0.15) is 0 Å². The second kappa shape index (κ2) is 5.07. The fourth-order valence-corrected chi connectivity index (χ4v) is 2.32. The van der Waals surface area contributed by atoms with Gasteiger partial charge in [-0.05, 0) is 17.7 Å². The van der Waals surface area contributed by atoms with Gasteiger partial charge in [0.05, 0.1) is 43.7 Å². The monoisotopic (exact) mass is 263 g/mol. The van der Waals surface area contributed by atoms with Gasteiger partial charge in [0.25, 0.3) is 0 Å². The molecule has 2 aliphatic heterocycles. The van der Waals surface area contributed by atoms with Crippen LogP contribution in [0.2, 0.25) is 0 Å². The number of benzene rings is 1. The molecule has 1 atom stereocenters. The van der Waals surface area contributed by atoms with E-state index in [1.807, 2.05) is 12.1 Å². The molecule has 2 heterocycles. The van der Waals surface area contributed by atoms with Crippen LogP contribution in [-0.4, -0.2) is 38.4 Å². The van der Waals surface area contributed by atoms with E-state index < -0.39 is 0 Å². The van der Waals surface area contributed by atoms with Gasteiger partial charge in [-0.25, -0.2) is 0 Å². The molecule has 2 aliphatic rings. The van der Waals surface area contributed by atoms with Crippen molar-refractivity contribution in [2.75, 3.05) is 42.7 Å². The Balaban J connectivity index is 1.67. The van der Waals surface area contributed by atoms with Crippen molar-refractivity contribution in [2.24, 2.45) is 0 Å². The maximum atomic E-state index is 11.3. The number of nitrogen functional groups attached to an aromatic ring is 1. The fourth-order valence-electron chi connectivity index (χ4n) is 2.32. The average molecular weight is 263 g/mol. The van der Waals surface area contributed by atoms with Crippen LogP contribution in [0, 0.1) is 0 Å². The Bertz CT molecular complexity index is 498. The van der Waals surface area contributed by atoms with E-state index in [0.29, 0.717) is 38.5 Å². The lowest BCUT2D eigenvalue weighted by atomic mass is 10.1. The molecule has 1 aromatic rings. The summed E-state index contributed by atoms with van der Waals surface area (Å²) in [5, 5.41) is 6.06. The van der Waals surface area contributed by atoms with Gasteiger partial charge in [0, 0.05) is 12.2 Å². The first-order valence-electron chi connectivity index (χ1n) is 6.38. The zero-order valence-electron chi connectivity index (χ0n) is 10.6. The van der Waals surface area contributed by atoms with E-state index >= 15 is 0 Å². The molecule has 1 unspecified atom stereocenters. The van der Waals surface area contributed by atoms with Crippen LogP contribution >= 0.6 is 0 Å². The molecule has 0 radical (unpaired) electrons. The van der Waals surface area contributed by atoms with Crippen LogP contribution in [0.15, 0.2) is 12.1 Å². The van der Waals surface area contributed by atoms with Crippen LogP contribution in [0.1, 0.15) is 5.56 Å².